The second kappa shape index (κ2) is 6.19. The van der Waals surface area contributed by atoms with Crippen LogP contribution in [0.4, 0.5) is 0 Å². The molecule has 0 aromatic heterocycles. The lowest BCUT2D eigenvalue weighted by Crippen LogP contribution is -2.58. The first-order valence-electron chi connectivity index (χ1n) is 8.66. The van der Waals surface area contributed by atoms with Crippen molar-refractivity contribution in [3.63, 3.8) is 0 Å². The standard InChI is InChI=1S/C19H38/c1-10-14(6)17(13(4)5)18-15(7)16(8)19(18,9)11-12(2)3/h12-18H,10-11H2,1-9H3. The molecule has 6 unspecified atom stereocenters. The third kappa shape index (κ3) is 3.03. The van der Waals surface area contributed by atoms with Crippen LogP contribution in [-0.2, 0) is 0 Å². The van der Waals surface area contributed by atoms with Gasteiger partial charge in [-0.05, 0) is 53.3 Å². The van der Waals surface area contributed by atoms with Crippen LogP contribution in [0.3, 0.4) is 0 Å². The molecule has 0 aromatic carbocycles. The molecule has 0 heteroatoms. The summed E-state index contributed by atoms with van der Waals surface area (Å²) in [5.74, 6) is 6.15. The Hall–Kier alpha value is 0. The summed E-state index contributed by atoms with van der Waals surface area (Å²) in [7, 11) is 0. The minimum atomic E-state index is 0.575. The van der Waals surface area contributed by atoms with Crippen molar-refractivity contribution < 1.29 is 0 Å². The molecule has 0 bridgehead atoms. The van der Waals surface area contributed by atoms with Gasteiger partial charge >= 0.3 is 0 Å². The molecule has 0 spiro atoms. The molecule has 1 rings (SSSR count). The molecule has 114 valence electrons. The zero-order valence-electron chi connectivity index (χ0n) is 15.0. The molecule has 0 aromatic rings. The highest BCUT2D eigenvalue weighted by molar-refractivity contribution is 5.05. The molecule has 1 aliphatic rings. The Morgan fingerprint density at radius 1 is 1.00 bits per heavy atom. The van der Waals surface area contributed by atoms with Gasteiger partial charge in [0.1, 0.15) is 0 Å². The molecule has 0 amide bonds. The zero-order valence-corrected chi connectivity index (χ0v) is 15.0. The minimum Gasteiger partial charge on any atom is -0.0651 e. The predicted octanol–water partition coefficient (Wildman–Crippen LogP) is 6.26. The fraction of sp³-hybridized carbons (Fsp3) is 1.00. The maximum Gasteiger partial charge on any atom is -0.0261 e. The van der Waals surface area contributed by atoms with Gasteiger partial charge in [-0.1, -0.05) is 68.7 Å². The van der Waals surface area contributed by atoms with Crippen molar-refractivity contribution in [2.75, 3.05) is 0 Å². The van der Waals surface area contributed by atoms with Gasteiger partial charge in [0.25, 0.3) is 0 Å². The van der Waals surface area contributed by atoms with Gasteiger partial charge in [-0.3, -0.25) is 0 Å². The molecule has 19 heavy (non-hydrogen) atoms. The molecular weight excluding hydrogens is 228 g/mol. The van der Waals surface area contributed by atoms with Crippen LogP contribution in [0.15, 0.2) is 0 Å². The van der Waals surface area contributed by atoms with Gasteiger partial charge in [-0.2, -0.15) is 0 Å². The van der Waals surface area contributed by atoms with Crippen LogP contribution in [0, 0.1) is 46.8 Å². The summed E-state index contributed by atoms with van der Waals surface area (Å²) in [6.07, 6.45) is 2.74. The van der Waals surface area contributed by atoms with Crippen LogP contribution >= 0.6 is 0 Å². The van der Waals surface area contributed by atoms with Crippen molar-refractivity contribution in [1.29, 1.82) is 0 Å². The van der Waals surface area contributed by atoms with E-state index in [1.165, 1.54) is 12.8 Å². The Balaban J connectivity index is 2.99. The monoisotopic (exact) mass is 266 g/mol. The third-order valence-electron chi connectivity index (χ3n) is 6.49. The van der Waals surface area contributed by atoms with Gasteiger partial charge < -0.3 is 0 Å². The first kappa shape index (κ1) is 17.1. The fourth-order valence-electron chi connectivity index (χ4n) is 5.39. The van der Waals surface area contributed by atoms with Crippen LogP contribution in [-0.4, -0.2) is 0 Å². The van der Waals surface area contributed by atoms with Crippen LogP contribution < -0.4 is 0 Å². The topological polar surface area (TPSA) is 0 Å². The van der Waals surface area contributed by atoms with Crippen molar-refractivity contribution in [3.05, 3.63) is 0 Å². The van der Waals surface area contributed by atoms with E-state index in [9.17, 15) is 0 Å². The van der Waals surface area contributed by atoms with E-state index in [2.05, 4.69) is 62.3 Å². The highest BCUT2D eigenvalue weighted by Gasteiger charge is 2.57. The van der Waals surface area contributed by atoms with Gasteiger partial charge in [0, 0.05) is 0 Å². The lowest BCUT2D eigenvalue weighted by atomic mass is 9.41. The van der Waals surface area contributed by atoms with Crippen molar-refractivity contribution in [3.8, 4) is 0 Å². The van der Waals surface area contributed by atoms with Gasteiger partial charge in [0.05, 0.1) is 0 Å². The van der Waals surface area contributed by atoms with E-state index >= 15 is 0 Å². The molecule has 1 saturated carbocycles. The lowest BCUT2D eigenvalue weighted by Gasteiger charge is -2.63. The number of hydrogen-bond donors (Lipinski definition) is 0. The second-order valence-corrected chi connectivity index (χ2v) is 8.48. The Kier molecular flexibility index (Phi) is 5.55. The Morgan fingerprint density at radius 3 is 1.89 bits per heavy atom. The molecule has 0 radical (unpaired) electrons. The Labute approximate surface area is 122 Å². The van der Waals surface area contributed by atoms with E-state index in [-0.39, 0.29) is 0 Å². The van der Waals surface area contributed by atoms with E-state index in [0.29, 0.717) is 5.41 Å². The van der Waals surface area contributed by atoms with E-state index in [1.807, 2.05) is 0 Å². The van der Waals surface area contributed by atoms with Crippen LogP contribution in [0.5, 0.6) is 0 Å². The first-order valence-corrected chi connectivity index (χ1v) is 8.66. The maximum atomic E-state index is 2.58. The summed E-state index contributed by atoms with van der Waals surface area (Å²) in [5.41, 5.74) is 0.575. The van der Waals surface area contributed by atoms with Crippen molar-refractivity contribution in [2.45, 2.75) is 75.2 Å². The minimum absolute atomic E-state index is 0.575. The van der Waals surface area contributed by atoms with E-state index in [4.69, 9.17) is 0 Å². The molecule has 0 heterocycles. The number of rotatable bonds is 6. The third-order valence-corrected chi connectivity index (χ3v) is 6.49. The van der Waals surface area contributed by atoms with Gasteiger partial charge in [0.2, 0.25) is 0 Å². The van der Waals surface area contributed by atoms with Crippen LogP contribution in [0.2, 0.25) is 0 Å². The average Bonchev–Trinajstić information content (AvgIpc) is 2.32. The van der Waals surface area contributed by atoms with Crippen LogP contribution in [0.25, 0.3) is 0 Å². The van der Waals surface area contributed by atoms with E-state index in [0.717, 1.165) is 41.4 Å². The maximum absolute atomic E-state index is 2.58. The summed E-state index contributed by atoms with van der Waals surface area (Å²) < 4.78 is 0. The van der Waals surface area contributed by atoms with Crippen molar-refractivity contribution in [2.24, 2.45) is 46.8 Å². The largest absolute Gasteiger partial charge is 0.0651 e. The average molecular weight is 267 g/mol. The molecule has 1 fully saturated rings. The highest BCUT2D eigenvalue weighted by Crippen LogP contribution is 2.63. The van der Waals surface area contributed by atoms with Gasteiger partial charge in [-0.15, -0.1) is 0 Å². The predicted molar refractivity (Wildman–Crippen MR) is 87.2 cm³/mol. The quantitative estimate of drug-likeness (QED) is 0.532. The smallest absolute Gasteiger partial charge is 0.0261 e. The molecule has 0 saturated heterocycles. The molecule has 0 nitrogen and oxygen atoms in total. The summed E-state index contributed by atoms with van der Waals surface area (Å²) in [5, 5.41) is 0. The summed E-state index contributed by atoms with van der Waals surface area (Å²) in [6, 6.07) is 0. The Morgan fingerprint density at radius 2 is 1.53 bits per heavy atom. The summed E-state index contributed by atoms with van der Waals surface area (Å²) in [4.78, 5) is 0. The fourth-order valence-corrected chi connectivity index (χ4v) is 5.39. The molecule has 1 aliphatic carbocycles. The van der Waals surface area contributed by atoms with Gasteiger partial charge in [0.15, 0.2) is 0 Å². The molecule has 0 aliphatic heterocycles. The van der Waals surface area contributed by atoms with Crippen molar-refractivity contribution in [1.82, 2.24) is 0 Å². The highest BCUT2D eigenvalue weighted by atomic mass is 14.6. The van der Waals surface area contributed by atoms with E-state index < -0.39 is 0 Å². The lowest BCUT2D eigenvalue weighted by molar-refractivity contribution is -0.155. The number of hydrogen-bond acceptors (Lipinski definition) is 0. The summed E-state index contributed by atoms with van der Waals surface area (Å²) >= 11 is 0. The SMILES string of the molecule is CCC(C)C(C(C)C)C1C(C)C(C)C1(C)CC(C)C. The zero-order chi connectivity index (χ0) is 15.0. The van der Waals surface area contributed by atoms with E-state index in [1.54, 1.807) is 0 Å². The second-order valence-electron chi connectivity index (χ2n) is 8.48. The molecule has 0 N–H and O–H groups in total. The Bertz CT molecular complexity index is 278. The first-order chi connectivity index (χ1) is 8.66. The molecule has 6 atom stereocenters. The van der Waals surface area contributed by atoms with Gasteiger partial charge in [-0.25, -0.2) is 0 Å². The van der Waals surface area contributed by atoms with Crippen LogP contribution in [0.1, 0.15) is 75.2 Å². The molecular formula is C19H38. The van der Waals surface area contributed by atoms with Crippen molar-refractivity contribution >= 4 is 0 Å². The normalized spacial score (nSPS) is 38.4. The summed E-state index contributed by atoms with van der Waals surface area (Å²) in [6.45, 7) is 22.1.